The van der Waals surface area contributed by atoms with E-state index >= 15 is 0 Å². The summed E-state index contributed by atoms with van der Waals surface area (Å²) in [7, 11) is 0. The number of aliphatic hydroxyl groups is 1. The van der Waals surface area contributed by atoms with Crippen molar-refractivity contribution in [3.63, 3.8) is 0 Å². The third kappa shape index (κ3) is 5.12. The molecule has 1 fully saturated rings. The zero-order chi connectivity index (χ0) is 24.3. The van der Waals surface area contributed by atoms with Gasteiger partial charge in [-0.15, -0.1) is 10.2 Å². The number of anilines is 1. The summed E-state index contributed by atoms with van der Waals surface area (Å²) in [6, 6.07) is 11.5. The summed E-state index contributed by atoms with van der Waals surface area (Å²) in [6.45, 7) is 4.72. The first kappa shape index (κ1) is 23.7. The Labute approximate surface area is 192 Å². The van der Waals surface area contributed by atoms with Crippen LogP contribution in [0.2, 0.25) is 0 Å². The zero-order valence-corrected chi connectivity index (χ0v) is 18.8. The molecule has 170 valence electrons. The number of aromatic nitrogens is 2. The number of aryl methyl sites for hydroxylation is 2. The number of amides is 1. The average Bonchev–Trinajstić information content (AvgIpc) is 3.29. The molecule has 2 heterocycles. The summed E-state index contributed by atoms with van der Waals surface area (Å²) >= 11 is 1.16. The fourth-order valence-electron chi connectivity index (χ4n) is 3.24. The molecule has 1 amide bonds. The van der Waals surface area contributed by atoms with Gasteiger partial charge in [-0.25, -0.2) is 4.39 Å². The van der Waals surface area contributed by atoms with Crippen LogP contribution in [-0.2, 0) is 14.4 Å². The molecular weight excluding hydrogens is 449 g/mol. The van der Waals surface area contributed by atoms with Crippen molar-refractivity contribution in [3.8, 4) is 0 Å². The molecule has 1 aromatic heterocycles. The molecule has 10 heteroatoms. The fraction of sp³-hybridized carbons (Fsp3) is 0.174. The van der Waals surface area contributed by atoms with Gasteiger partial charge in [0.1, 0.15) is 16.6 Å². The van der Waals surface area contributed by atoms with Crippen LogP contribution < -0.4 is 4.90 Å². The number of carboxylic acids is 1. The molecule has 4 rings (SSSR count). The maximum atomic E-state index is 13.5. The Bertz CT molecular complexity index is 1230. The number of carboxylic acid groups (broad SMARTS) is 1. The van der Waals surface area contributed by atoms with Crippen molar-refractivity contribution in [2.45, 2.75) is 26.8 Å². The van der Waals surface area contributed by atoms with Crippen LogP contribution in [0.5, 0.6) is 0 Å². The van der Waals surface area contributed by atoms with E-state index in [0.29, 0.717) is 16.1 Å². The largest absolute Gasteiger partial charge is 0.507 e. The van der Waals surface area contributed by atoms with Crippen LogP contribution in [0, 0.1) is 19.7 Å². The molecule has 1 saturated heterocycles. The molecule has 1 aliphatic rings. The van der Waals surface area contributed by atoms with Crippen LogP contribution in [-0.4, -0.2) is 38.1 Å². The Kier molecular flexibility index (Phi) is 6.98. The Morgan fingerprint density at radius 3 is 2.09 bits per heavy atom. The third-order valence-electron chi connectivity index (χ3n) is 4.68. The number of nitrogens with zero attached hydrogens (tertiary/aromatic N) is 3. The lowest BCUT2D eigenvalue weighted by atomic mass is 9.95. The first-order valence-corrected chi connectivity index (χ1v) is 10.5. The normalized spacial score (nSPS) is 17.0. The minimum absolute atomic E-state index is 0.0710. The molecule has 33 heavy (non-hydrogen) atoms. The summed E-state index contributed by atoms with van der Waals surface area (Å²) < 4.78 is 13.5. The molecular formula is C23H20FN3O5S. The van der Waals surface area contributed by atoms with Gasteiger partial charge in [-0.1, -0.05) is 53.3 Å². The molecule has 0 radical (unpaired) electrons. The third-order valence-corrected chi connectivity index (χ3v) is 5.51. The van der Waals surface area contributed by atoms with Gasteiger partial charge in [0, 0.05) is 12.5 Å². The van der Waals surface area contributed by atoms with Crippen LogP contribution in [0.3, 0.4) is 0 Å². The van der Waals surface area contributed by atoms with E-state index in [-0.39, 0.29) is 16.5 Å². The van der Waals surface area contributed by atoms with E-state index in [0.717, 1.165) is 23.8 Å². The van der Waals surface area contributed by atoms with Gasteiger partial charge in [0.25, 0.3) is 11.8 Å². The summed E-state index contributed by atoms with van der Waals surface area (Å²) in [5.74, 6) is -3.22. The fourth-order valence-corrected chi connectivity index (χ4v) is 3.95. The maximum Gasteiger partial charge on any atom is 0.301 e. The number of hydrogen-bond donors (Lipinski definition) is 2. The highest BCUT2D eigenvalue weighted by molar-refractivity contribution is 7.15. The van der Waals surface area contributed by atoms with Gasteiger partial charge in [-0.3, -0.25) is 19.3 Å². The lowest BCUT2D eigenvalue weighted by Crippen LogP contribution is -2.29. The van der Waals surface area contributed by atoms with Crippen molar-refractivity contribution >= 4 is 39.9 Å². The van der Waals surface area contributed by atoms with Crippen molar-refractivity contribution in [2.24, 2.45) is 0 Å². The first-order valence-electron chi connectivity index (χ1n) is 9.73. The topological polar surface area (TPSA) is 121 Å². The van der Waals surface area contributed by atoms with Crippen LogP contribution >= 0.6 is 11.3 Å². The molecule has 3 aromatic rings. The molecule has 8 nitrogen and oxygen atoms in total. The monoisotopic (exact) mass is 469 g/mol. The zero-order valence-electron chi connectivity index (χ0n) is 17.9. The molecule has 2 N–H and O–H groups in total. The standard InChI is InChI=1S/C21H16FN3O3S.C2H4O2/c1-11-3-5-14(6-4-11)18(26)16-17(13-7-9-15(22)10-8-13)25(20(28)19(16)27)21-24-23-12(2)29-21;1-2(3)4/h3-10,17,26H,1-2H3;1H3,(H,3,4)/b18-16-;. The lowest BCUT2D eigenvalue weighted by molar-refractivity contribution is -0.134. The summed E-state index contributed by atoms with van der Waals surface area (Å²) in [5.41, 5.74) is 1.81. The summed E-state index contributed by atoms with van der Waals surface area (Å²) in [4.78, 5) is 36.0. The van der Waals surface area contributed by atoms with Crippen molar-refractivity contribution in [1.82, 2.24) is 10.2 Å². The van der Waals surface area contributed by atoms with Gasteiger partial charge in [0.05, 0.1) is 11.6 Å². The van der Waals surface area contributed by atoms with Gasteiger partial charge in [0.15, 0.2) is 0 Å². The van der Waals surface area contributed by atoms with E-state index in [1.165, 1.54) is 29.2 Å². The Morgan fingerprint density at radius 2 is 1.58 bits per heavy atom. The molecule has 0 aliphatic carbocycles. The molecule has 0 bridgehead atoms. The predicted molar refractivity (Wildman–Crippen MR) is 120 cm³/mol. The van der Waals surface area contributed by atoms with E-state index in [1.54, 1.807) is 31.2 Å². The van der Waals surface area contributed by atoms with Crippen LogP contribution in [0.15, 0.2) is 54.1 Å². The van der Waals surface area contributed by atoms with Gasteiger partial charge < -0.3 is 10.2 Å². The quantitative estimate of drug-likeness (QED) is 0.338. The SMILES string of the molecule is CC(=O)O.Cc1ccc(/C(O)=C2/C(=O)C(=O)N(c3nnc(C)s3)C2c2ccc(F)cc2)cc1. The van der Waals surface area contributed by atoms with Crippen molar-refractivity contribution in [2.75, 3.05) is 4.90 Å². The average molecular weight is 469 g/mol. The van der Waals surface area contributed by atoms with Crippen molar-refractivity contribution in [1.29, 1.82) is 0 Å². The van der Waals surface area contributed by atoms with Gasteiger partial charge in [-0.2, -0.15) is 0 Å². The van der Waals surface area contributed by atoms with Crippen LogP contribution in [0.1, 0.15) is 34.7 Å². The number of hydrogen-bond acceptors (Lipinski definition) is 7. The Hall–Kier alpha value is -3.92. The smallest absolute Gasteiger partial charge is 0.301 e. The van der Waals surface area contributed by atoms with Crippen molar-refractivity contribution < 1.29 is 29.0 Å². The number of aliphatic hydroxyl groups excluding tert-OH is 1. The summed E-state index contributed by atoms with van der Waals surface area (Å²) in [6.07, 6.45) is 0. The van der Waals surface area contributed by atoms with Crippen LogP contribution in [0.4, 0.5) is 9.52 Å². The highest BCUT2D eigenvalue weighted by Crippen LogP contribution is 2.42. The number of halogens is 1. The van der Waals surface area contributed by atoms with E-state index in [4.69, 9.17) is 9.90 Å². The number of aliphatic carboxylic acids is 1. The number of Topliss-reactive ketones (excluding diaryl/α,β-unsaturated/α-hetero) is 1. The first-order chi connectivity index (χ1) is 15.6. The highest BCUT2D eigenvalue weighted by Gasteiger charge is 2.48. The van der Waals surface area contributed by atoms with Gasteiger partial charge >= 0.3 is 5.91 Å². The maximum absolute atomic E-state index is 13.5. The number of carbonyl (C=O) groups excluding carboxylic acids is 2. The molecule has 1 aliphatic heterocycles. The minimum atomic E-state index is -0.941. The molecule has 1 unspecified atom stereocenters. The van der Waals surface area contributed by atoms with E-state index in [9.17, 15) is 19.1 Å². The number of ketones is 1. The van der Waals surface area contributed by atoms with Crippen LogP contribution in [0.25, 0.3) is 5.76 Å². The Balaban J connectivity index is 0.000000709. The second-order valence-electron chi connectivity index (χ2n) is 7.21. The number of rotatable bonds is 3. The second-order valence-corrected chi connectivity index (χ2v) is 8.37. The van der Waals surface area contributed by atoms with Gasteiger partial charge in [0.2, 0.25) is 5.13 Å². The van der Waals surface area contributed by atoms with E-state index < -0.39 is 29.5 Å². The second kappa shape index (κ2) is 9.70. The van der Waals surface area contributed by atoms with Crippen molar-refractivity contribution in [3.05, 3.63) is 81.6 Å². The van der Waals surface area contributed by atoms with E-state index in [2.05, 4.69) is 10.2 Å². The highest BCUT2D eigenvalue weighted by atomic mass is 32.1. The molecule has 2 aromatic carbocycles. The minimum Gasteiger partial charge on any atom is -0.507 e. The lowest BCUT2D eigenvalue weighted by Gasteiger charge is -2.22. The Morgan fingerprint density at radius 1 is 1.00 bits per heavy atom. The predicted octanol–water partition coefficient (Wildman–Crippen LogP) is 4.01. The molecule has 0 saturated carbocycles. The molecule has 1 atom stereocenters. The van der Waals surface area contributed by atoms with E-state index in [1.807, 2.05) is 6.92 Å². The van der Waals surface area contributed by atoms with Gasteiger partial charge in [-0.05, 0) is 31.5 Å². The summed E-state index contributed by atoms with van der Waals surface area (Å²) in [5, 5.41) is 27.1. The number of benzene rings is 2. The molecule has 0 spiro atoms. The number of carbonyl (C=O) groups is 3.